The van der Waals surface area contributed by atoms with Crippen molar-refractivity contribution in [2.24, 2.45) is 4.99 Å². The fourth-order valence-corrected chi connectivity index (χ4v) is 3.23. The Morgan fingerprint density at radius 2 is 1.90 bits per heavy atom. The highest BCUT2D eigenvalue weighted by Crippen LogP contribution is 2.22. The van der Waals surface area contributed by atoms with Crippen LogP contribution in [0.15, 0.2) is 16.4 Å². The first-order chi connectivity index (χ1) is 13.3. The van der Waals surface area contributed by atoms with E-state index in [0.29, 0.717) is 19.0 Å². The molecule has 1 N–H and O–H groups in total. The molecule has 1 heterocycles. The minimum atomic E-state index is -1.45. The molecule has 0 aliphatic heterocycles. The summed E-state index contributed by atoms with van der Waals surface area (Å²) < 4.78 is 59.6. The molecule has 1 aromatic carbocycles. The van der Waals surface area contributed by atoms with Crippen molar-refractivity contribution in [3.05, 3.63) is 51.0 Å². The van der Waals surface area contributed by atoms with E-state index >= 15 is 0 Å². The molecule has 0 fully saturated rings. The van der Waals surface area contributed by atoms with E-state index in [4.69, 9.17) is 4.74 Å². The van der Waals surface area contributed by atoms with Gasteiger partial charge in [0, 0.05) is 32.1 Å². The van der Waals surface area contributed by atoms with Crippen LogP contribution < -0.4 is 5.32 Å². The Kier molecular flexibility index (Phi) is 10.3. The van der Waals surface area contributed by atoms with E-state index < -0.39 is 35.4 Å². The summed E-state index contributed by atoms with van der Waals surface area (Å²) >= 11 is 1.46. The van der Waals surface area contributed by atoms with Crippen molar-refractivity contribution in [2.75, 3.05) is 20.7 Å². The number of guanidine groups is 1. The van der Waals surface area contributed by atoms with Crippen LogP contribution in [0.25, 0.3) is 0 Å². The molecule has 0 saturated carbocycles. The number of methoxy groups -OCH3 is 1. The average Bonchev–Trinajstić information content (AvgIpc) is 3.13. The summed E-state index contributed by atoms with van der Waals surface area (Å²) in [6, 6.07) is 0.177. The number of hydrogen-bond acceptors (Lipinski definition) is 4. The zero-order valence-electron chi connectivity index (χ0n) is 16.4. The van der Waals surface area contributed by atoms with Gasteiger partial charge in [0.2, 0.25) is 0 Å². The highest BCUT2D eigenvalue weighted by atomic mass is 127. The van der Waals surface area contributed by atoms with Gasteiger partial charge in [0.05, 0.1) is 24.3 Å². The fourth-order valence-electron chi connectivity index (χ4n) is 2.39. The number of rotatable bonds is 7. The van der Waals surface area contributed by atoms with Gasteiger partial charge in [0.1, 0.15) is 11.1 Å². The maximum Gasteiger partial charge on any atom is 0.194 e. The third-order valence-corrected chi connectivity index (χ3v) is 5.01. The Labute approximate surface area is 188 Å². The molecule has 0 aliphatic carbocycles. The first kappa shape index (κ1) is 25.6. The first-order valence-corrected chi connectivity index (χ1v) is 9.44. The average molecular weight is 546 g/mol. The zero-order valence-corrected chi connectivity index (χ0v) is 19.6. The second kappa shape index (κ2) is 11.6. The van der Waals surface area contributed by atoms with Gasteiger partial charge in [0.25, 0.3) is 0 Å². The number of nitrogens with zero attached hydrogens (tertiary/aromatic N) is 3. The summed E-state index contributed by atoms with van der Waals surface area (Å²) in [5, 5.41) is 5.68. The third-order valence-electron chi connectivity index (χ3n) is 3.96. The molecule has 2 rings (SSSR count). The lowest BCUT2D eigenvalue weighted by Gasteiger charge is -2.21. The molecule has 2 aromatic rings. The standard InChI is InChI=1S/C18H22F4N4OS.HI/c1-5-23-18(24-7-12-15(21)13(19)6-14(20)16(12)22)26(3)8-11-9-28-17(25-11)10(2)27-4;/h6,9-10H,5,7-8H2,1-4H3,(H,23,24);1H. The SMILES string of the molecule is CCNC(=NCc1c(F)c(F)cc(F)c1F)N(C)Cc1csc(C(C)OC)n1.I. The molecule has 0 radical (unpaired) electrons. The normalized spacial score (nSPS) is 12.5. The van der Waals surface area contributed by atoms with Crippen LogP contribution in [0, 0.1) is 23.3 Å². The Hall–Kier alpha value is -1.47. The quantitative estimate of drug-likeness (QED) is 0.181. The Balaban J connectivity index is 0.00000420. The van der Waals surface area contributed by atoms with Gasteiger partial charge in [-0.1, -0.05) is 0 Å². The molecule has 0 aliphatic rings. The summed E-state index contributed by atoms with van der Waals surface area (Å²) in [4.78, 5) is 10.3. The van der Waals surface area contributed by atoms with Gasteiger partial charge >= 0.3 is 0 Å². The van der Waals surface area contributed by atoms with E-state index in [9.17, 15) is 17.6 Å². The van der Waals surface area contributed by atoms with Gasteiger partial charge in [-0.25, -0.2) is 27.5 Å². The number of benzene rings is 1. The molecule has 0 saturated heterocycles. The summed E-state index contributed by atoms with van der Waals surface area (Å²) in [5.74, 6) is -5.48. The van der Waals surface area contributed by atoms with Crippen LogP contribution >= 0.6 is 35.3 Å². The highest BCUT2D eigenvalue weighted by molar-refractivity contribution is 14.0. The molecule has 5 nitrogen and oxygen atoms in total. The maximum absolute atomic E-state index is 13.8. The number of aromatic nitrogens is 1. The van der Waals surface area contributed by atoms with Gasteiger partial charge in [-0.15, -0.1) is 35.3 Å². The molecule has 1 aromatic heterocycles. The number of nitrogens with one attached hydrogen (secondary N) is 1. The minimum absolute atomic E-state index is 0. The lowest BCUT2D eigenvalue weighted by atomic mass is 10.2. The minimum Gasteiger partial charge on any atom is -0.375 e. The van der Waals surface area contributed by atoms with E-state index in [1.165, 1.54) is 11.3 Å². The largest absolute Gasteiger partial charge is 0.375 e. The van der Waals surface area contributed by atoms with Crippen LogP contribution in [-0.4, -0.2) is 36.5 Å². The highest BCUT2D eigenvalue weighted by Gasteiger charge is 2.19. The molecule has 11 heteroatoms. The monoisotopic (exact) mass is 546 g/mol. The number of halogens is 5. The van der Waals surface area contributed by atoms with E-state index in [2.05, 4.69) is 15.3 Å². The van der Waals surface area contributed by atoms with Crippen molar-refractivity contribution in [3.63, 3.8) is 0 Å². The van der Waals surface area contributed by atoms with Crippen LogP contribution in [0.3, 0.4) is 0 Å². The van der Waals surface area contributed by atoms with E-state index in [-0.39, 0.29) is 36.1 Å². The van der Waals surface area contributed by atoms with Crippen molar-refractivity contribution in [1.82, 2.24) is 15.2 Å². The Morgan fingerprint density at radius 3 is 2.45 bits per heavy atom. The molecule has 1 atom stereocenters. The topological polar surface area (TPSA) is 49.8 Å². The predicted octanol–water partition coefficient (Wildman–Crippen LogP) is 4.62. The van der Waals surface area contributed by atoms with Crippen molar-refractivity contribution in [3.8, 4) is 0 Å². The summed E-state index contributed by atoms with van der Waals surface area (Å²) in [5.41, 5.74) is 0.0114. The van der Waals surface area contributed by atoms with Crippen molar-refractivity contribution in [1.29, 1.82) is 0 Å². The molecule has 29 heavy (non-hydrogen) atoms. The van der Waals surface area contributed by atoms with Gasteiger partial charge in [-0.05, 0) is 13.8 Å². The van der Waals surface area contributed by atoms with Crippen molar-refractivity contribution in [2.45, 2.75) is 33.0 Å². The van der Waals surface area contributed by atoms with Crippen LogP contribution in [0.5, 0.6) is 0 Å². The first-order valence-electron chi connectivity index (χ1n) is 8.56. The summed E-state index contributed by atoms with van der Waals surface area (Å²) in [6.45, 7) is 4.03. The molecule has 0 spiro atoms. The van der Waals surface area contributed by atoms with Crippen LogP contribution in [0.2, 0.25) is 0 Å². The summed E-state index contributed by atoms with van der Waals surface area (Å²) in [6.07, 6.45) is -0.125. The maximum atomic E-state index is 13.8. The molecule has 162 valence electrons. The third kappa shape index (κ3) is 6.51. The number of thiazole rings is 1. The van der Waals surface area contributed by atoms with Crippen LogP contribution in [-0.2, 0) is 17.8 Å². The van der Waals surface area contributed by atoms with E-state index in [1.807, 2.05) is 19.2 Å². The summed E-state index contributed by atoms with van der Waals surface area (Å²) in [7, 11) is 3.32. The second-order valence-corrected chi connectivity index (χ2v) is 6.92. The number of hydrogen-bond donors (Lipinski definition) is 1. The molecule has 1 unspecified atom stereocenters. The van der Waals surface area contributed by atoms with Gasteiger partial charge in [-0.3, -0.25) is 0 Å². The predicted molar refractivity (Wildman–Crippen MR) is 116 cm³/mol. The van der Waals surface area contributed by atoms with Crippen LogP contribution in [0.1, 0.15) is 36.2 Å². The van der Waals surface area contributed by atoms with Crippen molar-refractivity contribution < 1.29 is 22.3 Å². The van der Waals surface area contributed by atoms with Gasteiger partial charge in [0.15, 0.2) is 29.2 Å². The molecular weight excluding hydrogens is 523 g/mol. The van der Waals surface area contributed by atoms with E-state index in [0.717, 1.165) is 10.7 Å². The van der Waals surface area contributed by atoms with Crippen molar-refractivity contribution >= 4 is 41.3 Å². The van der Waals surface area contributed by atoms with Gasteiger partial charge in [-0.2, -0.15) is 0 Å². The second-order valence-electron chi connectivity index (χ2n) is 6.03. The zero-order chi connectivity index (χ0) is 20.8. The van der Waals surface area contributed by atoms with E-state index in [1.54, 1.807) is 19.1 Å². The molecule has 0 bridgehead atoms. The van der Waals surface area contributed by atoms with Crippen LogP contribution in [0.4, 0.5) is 17.6 Å². The smallest absolute Gasteiger partial charge is 0.194 e. The molecular formula is C18H23F4IN4OS. The number of ether oxygens (including phenoxy) is 1. The number of aliphatic imine (C=N–C) groups is 1. The Bertz CT molecular complexity index is 823. The molecule has 0 amide bonds. The Morgan fingerprint density at radius 1 is 1.28 bits per heavy atom. The lowest BCUT2D eigenvalue weighted by molar-refractivity contribution is 0.119. The van der Waals surface area contributed by atoms with Gasteiger partial charge < -0.3 is 15.0 Å². The fraction of sp³-hybridized carbons (Fsp3) is 0.444. The lowest BCUT2D eigenvalue weighted by Crippen LogP contribution is -2.38.